The summed E-state index contributed by atoms with van der Waals surface area (Å²) in [6.45, 7) is 0. The number of nitrogens with two attached hydrogens (primary N) is 1. The van der Waals surface area contributed by atoms with Gasteiger partial charge in [-0.1, -0.05) is 4.36 Å². The molecular formula is CH2N2O5STi. The molecule has 9 heteroatoms. The van der Waals surface area contributed by atoms with Gasteiger partial charge >= 0.3 is 38.2 Å². The van der Waals surface area contributed by atoms with Gasteiger partial charge in [0.2, 0.25) is 0 Å². The molecule has 0 rings (SSSR count). The van der Waals surface area contributed by atoms with Gasteiger partial charge in [-0.3, -0.25) is 0 Å². The Labute approximate surface area is 72.8 Å². The maximum absolute atomic E-state index is 9.47. The number of amides is 2. The largest absolute Gasteiger partial charge is 4.00 e. The summed E-state index contributed by atoms with van der Waals surface area (Å²) in [5.74, 6) is 0. The van der Waals surface area contributed by atoms with Gasteiger partial charge in [-0.25, -0.2) is 4.79 Å². The number of carbonyl (C=O) groups is 1. The third kappa shape index (κ3) is 25.2. The molecule has 0 heterocycles. The predicted molar refractivity (Wildman–Crippen MR) is 22.3 cm³/mol. The van der Waals surface area contributed by atoms with Crippen LogP contribution in [-0.2, 0) is 43.2 Å². The van der Waals surface area contributed by atoms with Crippen LogP contribution in [0.2, 0.25) is 0 Å². The first-order valence-corrected chi connectivity index (χ1v) is 2.26. The minimum absolute atomic E-state index is 0. The molecule has 0 saturated heterocycles. The van der Waals surface area contributed by atoms with Crippen LogP contribution in [0.1, 0.15) is 0 Å². The number of carbonyl (C=O) groups excluding carboxylic acids is 1. The number of rotatable bonds is 0. The van der Waals surface area contributed by atoms with E-state index in [9.17, 15) is 13.2 Å². The van der Waals surface area contributed by atoms with E-state index < -0.39 is 16.5 Å². The van der Waals surface area contributed by atoms with Crippen molar-refractivity contribution in [2.45, 2.75) is 0 Å². The monoisotopic (exact) mass is 202 g/mol. The van der Waals surface area contributed by atoms with Crippen LogP contribution < -0.4 is 5.73 Å². The fraction of sp³-hybridized carbons (Fsp3) is 0. The van der Waals surface area contributed by atoms with Crippen LogP contribution in [0, 0.1) is 0 Å². The van der Waals surface area contributed by atoms with Crippen molar-refractivity contribution in [3.05, 3.63) is 0 Å². The third-order valence-electron chi connectivity index (χ3n) is 0.165. The van der Waals surface area contributed by atoms with Gasteiger partial charge in [-0.2, -0.15) is 8.42 Å². The Kier molecular flexibility index (Phi) is 26.0. The summed E-state index contributed by atoms with van der Waals surface area (Å²) in [5, 5.41) is 0. The van der Waals surface area contributed by atoms with Crippen LogP contribution in [0.3, 0.4) is 0 Å². The second kappa shape index (κ2) is 11.5. The molecule has 0 fully saturated rings. The third-order valence-corrected chi connectivity index (χ3v) is 0.494. The molecule has 0 radical (unpaired) electrons. The predicted octanol–water partition coefficient (Wildman–Crippen LogP) is -1.11. The van der Waals surface area contributed by atoms with Gasteiger partial charge in [0.05, 0.1) is 0 Å². The van der Waals surface area contributed by atoms with Gasteiger partial charge in [0, 0.05) is 0 Å². The van der Waals surface area contributed by atoms with E-state index in [0.717, 1.165) is 0 Å². The fourth-order valence-electron chi connectivity index (χ4n) is 0.0735. The summed E-state index contributed by atoms with van der Waals surface area (Å²) in [4.78, 5) is 9.47. The minimum atomic E-state index is -2.70. The van der Waals surface area contributed by atoms with Gasteiger partial charge < -0.3 is 16.7 Å². The zero-order valence-electron chi connectivity index (χ0n) is 4.47. The Morgan fingerprint density at radius 1 is 1.30 bits per heavy atom. The SMILES string of the molecule is NC(=O)N=S(=O)=O.[O-2].[O-2].[Ti+4]. The van der Waals surface area contributed by atoms with E-state index in [1.54, 1.807) is 0 Å². The summed E-state index contributed by atoms with van der Waals surface area (Å²) in [5.41, 5.74) is 4.29. The summed E-state index contributed by atoms with van der Waals surface area (Å²) < 4.78 is 21.0. The van der Waals surface area contributed by atoms with Gasteiger partial charge in [-0.15, -0.1) is 0 Å². The van der Waals surface area contributed by atoms with Crippen molar-refractivity contribution in [3.8, 4) is 0 Å². The van der Waals surface area contributed by atoms with Crippen LogP contribution in [0.5, 0.6) is 0 Å². The van der Waals surface area contributed by atoms with Crippen LogP contribution in [0.4, 0.5) is 4.79 Å². The summed E-state index contributed by atoms with van der Waals surface area (Å²) in [6.07, 6.45) is 0. The van der Waals surface area contributed by atoms with Crippen molar-refractivity contribution in [2.24, 2.45) is 10.1 Å². The average molecular weight is 202 g/mol. The molecule has 10 heavy (non-hydrogen) atoms. The van der Waals surface area contributed by atoms with E-state index in [4.69, 9.17) is 0 Å². The van der Waals surface area contributed by atoms with Gasteiger partial charge in [0.15, 0.2) is 0 Å². The van der Waals surface area contributed by atoms with Crippen molar-refractivity contribution in [2.75, 3.05) is 0 Å². The molecule has 0 unspecified atom stereocenters. The number of primary amides is 1. The van der Waals surface area contributed by atoms with Crippen LogP contribution in [0.25, 0.3) is 0 Å². The minimum Gasteiger partial charge on any atom is -2.00 e. The Hall–Kier alpha value is -0.276. The second-order valence-corrected chi connectivity index (χ2v) is 1.26. The first-order valence-electron chi connectivity index (χ1n) is 1.23. The summed E-state index contributed by atoms with van der Waals surface area (Å²) >= 11 is 0. The molecule has 0 aromatic rings. The van der Waals surface area contributed by atoms with Crippen molar-refractivity contribution in [1.82, 2.24) is 0 Å². The van der Waals surface area contributed by atoms with E-state index in [2.05, 4.69) is 10.1 Å². The number of hydrogen-bond acceptors (Lipinski definition) is 3. The van der Waals surface area contributed by atoms with E-state index in [0.29, 0.717) is 0 Å². The fourth-order valence-corrected chi connectivity index (χ4v) is 0.220. The second-order valence-electron chi connectivity index (χ2n) is 0.647. The van der Waals surface area contributed by atoms with Gasteiger partial charge in [0.1, 0.15) is 0 Å². The molecule has 0 aromatic heterocycles. The van der Waals surface area contributed by atoms with E-state index in [-0.39, 0.29) is 32.7 Å². The molecule has 0 bridgehead atoms. The molecule has 2 amide bonds. The number of hydrogen-bond donors (Lipinski definition) is 1. The molecule has 56 valence electrons. The number of nitrogens with zero attached hydrogens (tertiary/aromatic N) is 1. The van der Waals surface area contributed by atoms with E-state index in [1.165, 1.54) is 0 Å². The Balaban J connectivity index is -0.0000000600. The Morgan fingerprint density at radius 3 is 1.60 bits per heavy atom. The Morgan fingerprint density at radius 2 is 1.60 bits per heavy atom. The van der Waals surface area contributed by atoms with Crippen molar-refractivity contribution >= 4 is 16.5 Å². The standard InChI is InChI=1S/CH2N2O3S.2O.Ti/c2-1(4)3-7(5)6;;;/h(H2,2,4);;;/q;2*-2;+4. The van der Waals surface area contributed by atoms with Crippen molar-refractivity contribution < 1.29 is 45.9 Å². The smallest absolute Gasteiger partial charge is 2.00 e. The summed E-state index contributed by atoms with van der Waals surface area (Å²) in [7, 11) is -2.70. The topological polar surface area (TPSA) is 147 Å². The first kappa shape index (κ1) is 22.6. The van der Waals surface area contributed by atoms with Crippen LogP contribution in [0.15, 0.2) is 4.36 Å². The molecule has 0 aliphatic heterocycles. The number of urea groups is 1. The zero-order valence-corrected chi connectivity index (χ0v) is 6.85. The maximum atomic E-state index is 9.47. The molecule has 0 spiro atoms. The maximum Gasteiger partial charge on any atom is 4.00 e. The van der Waals surface area contributed by atoms with E-state index in [1.807, 2.05) is 0 Å². The molecule has 0 saturated carbocycles. The normalized spacial score (nSPS) is 5.20. The Bertz CT molecular complexity index is 188. The average Bonchev–Trinajstić information content (AvgIpc) is 1.27. The van der Waals surface area contributed by atoms with Crippen LogP contribution >= 0.6 is 0 Å². The zero-order chi connectivity index (χ0) is 5.86. The quantitative estimate of drug-likeness (QED) is 0.496. The van der Waals surface area contributed by atoms with Crippen molar-refractivity contribution in [1.29, 1.82) is 0 Å². The first-order chi connectivity index (χ1) is 3.13. The molecule has 0 atom stereocenters. The van der Waals surface area contributed by atoms with Gasteiger partial charge in [0.25, 0.3) is 0 Å². The molecule has 0 aliphatic carbocycles. The van der Waals surface area contributed by atoms with Crippen LogP contribution in [-0.4, -0.2) is 14.4 Å². The van der Waals surface area contributed by atoms with E-state index >= 15 is 0 Å². The van der Waals surface area contributed by atoms with Crippen molar-refractivity contribution in [3.63, 3.8) is 0 Å². The molecule has 2 N–H and O–H groups in total. The molecule has 0 aliphatic rings. The molecule has 7 nitrogen and oxygen atoms in total. The van der Waals surface area contributed by atoms with Gasteiger partial charge in [-0.05, 0) is 0 Å². The summed E-state index contributed by atoms with van der Waals surface area (Å²) in [6, 6.07) is -1.20. The molecule has 0 aromatic carbocycles. The molecular weight excluding hydrogens is 200 g/mol.